The van der Waals surface area contributed by atoms with Crippen molar-refractivity contribution >= 4 is 0 Å². The van der Waals surface area contributed by atoms with Crippen LogP contribution in [0.15, 0.2) is 24.3 Å². The van der Waals surface area contributed by atoms with Crippen molar-refractivity contribution in [2.45, 2.75) is 19.4 Å². The van der Waals surface area contributed by atoms with Crippen LogP contribution >= 0.6 is 0 Å². The van der Waals surface area contributed by atoms with Crippen molar-refractivity contribution in [3.8, 4) is 5.75 Å². The van der Waals surface area contributed by atoms with Gasteiger partial charge < -0.3 is 4.74 Å². The third-order valence-corrected chi connectivity index (χ3v) is 1.81. The molecule has 0 N–H and O–H groups in total. The molecule has 0 spiro atoms. The molecule has 0 amide bonds. The lowest BCUT2D eigenvalue weighted by Crippen LogP contribution is -2.05. The first kappa shape index (κ1) is 5.78. The highest BCUT2D eigenvalue weighted by atomic mass is 16.5. The van der Waals surface area contributed by atoms with Gasteiger partial charge in [0.2, 0.25) is 0 Å². The van der Waals surface area contributed by atoms with Crippen LogP contribution in [0.25, 0.3) is 0 Å². The highest BCUT2D eigenvalue weighted by Crippen LogP contribution is 2.27. The number of hydrogen-bond acceptors (Lipinski definition) is 1. The molecule has 0 saturated carbocycles. The van der Waals surface area contributed by atoms with E-state index in [1.54, 1.807) is 0 Å². The van der Waals surface area contributed by atoms with Crippen LogP contribution in [0.1, 0.15) is 12.5 Å². The third-order valence-electron chi connectivity index (χ3n) is 1.81. The zero-order chi connectivity index (χ0) is 6.97. The Morgan fingerprint density at radius 2 is 2.20 bits per heavy atom. The molecule has 2 rings (SSSR count). The monoisotopic (exact) mass is 134 g/mol. The van der Waals surface area contributed by atoms with E-state index in [2.05, 4.69) is 19.1 Å². The molecule has 52 valence electrons. The fourth-order valence-electron chi connectivity index (χ4n) is 1.36. The molecule has 0 saturated heterocycles. The smallest absolute Gasteiger partial charge is 0.123 e. The van der Waals surface area contributed by atoms with Crippen molar-refractivity contribution in [2.75, 3.05) is 0 Å². The van der Waals surface area contributed by atoms with Crippen LogP contribution in [0.2, 0.25) is 0 Å². The Bertz CT molecular complexity index is 217. The van der Waals surface area contributed by atoms with Gasteiger partial charge in [0, 0.05) is 6.42 Å². The van der Waals surface area contributed by atoms with Gasteiger partial charge in [-0.1, -0.05) is 18.2 Å². The van der Waals surface area contributed by atoms with E-state index < -0.39 is 0 Å². The van der Waals surface area contributed by atoms with Crippen LogP contribution in [0.5, 0.6) is 5.75 Å². The predicted octanol–water partition coefficient (Wildman–Crippen LogP) is 2.01. The Labute approximate surface area is 60.6 Å². The van der Waals surface area contributed by atoms with Gasteiger partial charge in [-0.3, -0.25) is 0 Å². The largest absolute Gasteiger partial charge is 0.490 e. The highest BCUT2D eigenvalue weighted by molar-refractivity contribution is 5.36. The Kier molecular flexibility index (Phi) is 1.16. The van der Waals surface area contributed by atoms with Gasteiger partial charge in [-0.15, -0.1) is 0 Å². The first-order chi connectivity index (χ1) is 4.86. The van der Waals surface area contributed by atoms with E-state index in [1.165, 1.54) is 5.56 Å². The summed E-state index contributed by atoms with van der Waals surface area (Å²) >= 11 is 0. The second-order valence-electron chi connectivity index (χ2n) is 2.74. The lowest BCUT2D eigenvalue weighted by Gasteiger charge is -2.00. The van der Waals surface area contributed by atoms with Gasteiger partial charge in [0.05, 0.1) is 0 Å². The Morgan fingerprint density at radius 3 is 3.00 bits per heavy atom. The summed E-state index contributed by atoms with van der Waals surface area (Å²) in [6.45, 7) is 2.10. The zero-order valence-corrected chi connectivity index (χ0v) is 6.00. The zero-order valence-electron chi connectivity index (χ0n) is 6.00. The Morgan fingerprint density at radius 1 is 1.40 bits per heavy atom. The minimum absolute atomic E-state index is 0.373. The van der Waals surface area contributed by atoms with Gasteiger partial charge in [-0.05, 0) is 18.6 Å². The van der Waals surface area contributed by atoms with E-state index >= 15 is 0 Å². The van der Waals surface area contributed by atoms with Gasteiger partial charge in [-0.25, -0.2) is 0 Å². The lowest BCUT2D eigenvalue weighted by molar-refractivity contribution is 0.254. The van der Waals surface area contributed by atoms with Crippen LogP contribution in [-0.4, -0.2) is 6.10 Å². The number of benzene rings is 1. The first-order valence-corrected chi connectivity index (χ1v) is 3.61. The second kappa shape index (κ2) is 2.01. The van der Waals surface area contributed by atoms with Crippen molar-refractivity contribution in [3.05, 3.63) is 29.8 Å². The molecule has 0 bridgehead atoms. The first-order valence-electron chi connectivity index (χ1n) is 3.61. The predicted molar refractivity (Wildman–Crippen MR) is 40.2 cm³/mol. The van der Waals surface area contributed by atoms with Gasteiger partial charge in [0.25, 0.3) is 0 Å². The standard InChI is InChI=1S/C9H10O/c1-7-6-8-4-2-3-5-9(8)10-7/h2-5,7H,6H2,1H3. The molecule has 1 aromatic rings. The van der Waals surface area contributed by atoms with Crippen LogP contribution in [0.4, 0.5) is 0 Å². The second-order valence-corrected chi connectivity index (χ2v) is 2.74. The molecule has 1 aromatic carbocycles. The highest BCUT2D eigenvalue weighted by Gasteiger charge is 2.16. The summed E-state index contributed by atoms with van der Waals surface area (Å²) in [6, 6.07) is 8.22. The summed E-state index contributed by atoms with van der Waals surface area (Å²) in [7, 11) is 0. The van der Waals surface area contributed by atoms with Gasteiger partial charge >= 0.3 is 0 Å². The summed E-state index contributed by atoms with van der Waals surface area (Å²) < 4.78 is 5.51. The van der Waals surface area contributed by atoms with Crippen molar-refractivity contribution in [3.63, 3.8) is 0 Å². The Hall–Kier alpha value is -0.980. The average Bonchev–Trinajstić information content (AvgIpc) is 2.27. The maximum absolute atomic E-state index is 5.51. The molecule has 1 heteroatoms. The van der Waals surface area contributed by atoms with E-state index in [-0.39, 0.29) is 0 Å². The summed E-state index contributed by atoms with van der Waals surface area (Å²) in [5.41, 5.74) is 1.34. The minimum Gasteiger partial charge on any atom is -0.490 e. The molecule has 1 unspecified atom stereocenters. The summed E-state index contributed by atoms with van der Waals surface area (Å²) in [6.07, 6.45) is 1.44. The van der Waals surface area contributed by atoms with Crippen LogP contribution < -0.4 is 4.74 Å². The number of fused-ring (bicyclic) bond motifs is 1. The normalized spacial score (nSPS) is 21.9. The topological polar surface area (TPSA) is 9.23 Å². The van der Waals surface area contributed by atoms with Crippen molar-refractivity contribution in [1.82, 2.24) is 0 Å². The summed E-state index contributed by atoms with van der Waals surface area (Å²) in [4.78, 5) is 0. The van der Waals surface area contributed by atoms with Crippen molar-refractivity contribution < 1.29 is 4.74 Å². The van der Waals surface area contributed by atoms with Gasteiger partial charge in [0.1, 0.15) is 11.9 Å². The molecule has 1 atom stereocenters. The molecule has 1 aliphatic heterocycles. The lowest BCUT2D eigenvalue weighted by atomic mass is 10.1. The molecule has 0 radical (unpaired) electrons. The minimum atomic E-state index is 0.373. The number of ether oxygens (including phenoxy) is 1. The number of para-hydroxylation sites is 1. The molecule has 0 fully saturated rings. The van der Waals surface area contributed by atoms with Crippen molar-refractivity contribution in [1.29, 1.82) is 0 Å². The van der Waals surface area contributed by atoms with E-state index in [9.17, 15) is 0 Å². The number of rotatable bonds is 0. The van der Waals surface area contributed by atoms with Gasteiger partial charge in [0.15, 0.2) is 0 Å². The fraction of sp³-hybridized carbons (Fsp3) is 0.333. The van der Waals surface area contributed by atoms with E-state index in [0.717, 1.165) is 12.2 Å². The average molecular weight is 134 g/mol. The molecule has 0 aliphatic carbocycles. The molecule has 1 aliphatic rings. The van der Waals surface area contributed by atoms with Crippen molar-refractivity contribution in [2.24, 2.45) is 0 Å². The molecule has 0 aromatic heterocycles. The van der Waals surface area contributed by atoms with E-state index in [1.807, 2.05) is 12.1 Å². The van der Waals surface area contributed by atoms with Crippen LogP contribution in [-0.2, 0) is 6.42 Å². The summed E-state index contributed by atoms with van der Waals surface area (Å²) in [5, 5.41) is 0. The maximum atomic E-state index is 5.51. The Balaban J connectivity index is 2.42. The third kappa shape index (κ3) is 0.783. The quantitative estimate of drug-likeness (QED) is 0.527. The van der Waals surface area contributed by atoms with E-state index in [4.69, 9.17) is 4.74 Å². The molecule has 1 nitrogen and oxygen atoms in total. The SMILES string of the molecule is CC1Cc2ccccc2O1. The molecular weight excluding hydrogens is 124 g/mol. The van der Waals surface area contributed by atoms with Crippen LogP contribution in [0, 0.1) is 0 Å². The van der Waals surface area contributed by atoms with Gasteiger partial charge in [-0.2, -0.15) is 0 Å². The molecular formula is C9H10O. The molecule has 1 heterocycles. The summed E-state index contributed by atoms with van der Waals surface area (Å²) in [5.74, 6) is 1.06. The van der Waals surface area contributed by atoms with Crippen LogP contribution in [0.3, 0.4) is 0 Å². The van der Waals surface area contributed by atoms with E-state index in [0.29, 0.717) is 6.10 Å². The maximum Gasteiger partial charge on any atom is 0.123 e. The fourth-order valence-corrected chi connectivity index (χ4v) is 1.36. The molecule has 10 heavy (non-hydrogen) atoms. The number of hydrogen-bond donors (Lipinski definition) is 0.